The molecule has 1 fully saturated rings. The molecule has 2 rings (SSSR count). The summed E-state index contributed by atoms with van der Waals surface area (Å²) in [4.78, 5) is 0. The van der Waals surface area contributed by atoms with E-state index in [1.165, 1.54) is 42.4 Å². The van der Waals surface area contributed by atoms with Gasteiger partial charge in [0, 0.05) is 4.47 Å². The molecule has 0 aromatic heterocycles. The van der Waals surface area contributed by atoms with Crippen molar-refractivity contribution in [1.29, 1.82) is 0 Å². The van der Waals surface area contributed by atoms with Gasteiger partial charge in [-0.3, -0.25) is 0 Å². The fraction of sp³-hybridized carbons (Fsp3) is 0.571. The Morgan fingerprint density at radius 2 is 2.06 bits per heavy atom. The molecule has 1 aliphatic heterocycles. The number of rotatable bonds is 3. The molecular formula is C14H20BrN. The number of benzene rings is 1. The molecule has 0 aliphatic carbocycles. The number of halogens is 1. The Morgan fingerprint density at radius 1 is 1.31 bits per heavy atom. The van der Waals surface area contributed by atoms with Crippen LogP contribution >= 0.6 is 15.9 Å². The maximum absolute atomic E-state index is 3.52. The monoisotopic (exact) mass is 281 g/mol. The van der Waals surface area contributed by atoms with Gasteiger partial charge in [-0.15, -0.1) is 0 Å². The summed E-state index contributed by atoms with van der Waals surface area (Å²) >= 11 is 3.50. The van der Waals surface area contributed by atoms with Gasteiger partial charge in [0.25, 0.3) is 0 Å². The van der Waals surface area contributed by atoms with E-state index in [9.17, 15) is 0 Å². The normalized spacial score (nSPS) is 25.6. The van der Waals surface area contributed by atoms with Crippen molar-refractivity contribution >= 4 is 15.9 Å². The number of piperidine rings is 1. The maximum atomic E-state index is 3.52. The first kappa shape index (κ1) is 12.1. The van der Waals surface area contributed by atoms with Crippen molar-refractivity contribution in [3.63, 3.8) is 0 Å². The molecule has 0 saturated carbocycles. The van der Waals surface area contributed by atoms with Gasteiger partial charge in [-0.1, -0.05) is 41.4 Å². The van der Waals surface area contributed by atoms with Crippen LogP contribution in [0.5, 0.6) is 0 Å². The molecule has 1 nitrogen and oxygen atoms in total. The highest BCUT2D eigenvalue weighted by Crippen LogP contribution is 2.33. The molecule has 1 N–H and O–H groups in total. The highest BCUT2D eigenvalue weighted by Gasteiger charge is 2.25. The predicted octanol–water partition coefficient (Wildman–Crippen LogP) is 3.94. The van der Waals surface area contributed by atoms with Crippen molar-refractivity contribution in [2.24, 2.45) is 5.92 Å². The zero-order valence-electron chi connectivity index (χ0n) is 9.88. The van der Waals surface area contributed by atoms with Crippen LogP contribution in [0.15, 0.2) is 28.7 Å². The van der Waals surface area contributed by atoms with E-state index in [2.05, 4.69) is 52.4 Å². The molecule has 1 aliphatic rings. The fourth-order valence-corrected chi connectivity index (χ4v) is 3.01. The lowest BCUT2D eigenvalue weighted by atomic mass is 9.79. The molecule has 88 valence electrons. The minimum absolute atomic E-state index is 0.759. The van der Waals surface area contributed by atoms with Gasteiger partial charge in [-0.2, -0.15) is 0 Å². The lowest BCUT2D eigenvalue weighted by Gasteiger charge is -2.32. The SMILES string of the molecule is CCCC1CNCCC1c1ccc(Br)cc1. The Kier molecular flexibility index (Phi) is 4.42. The van der Waals surface area contributed by atoms with Gasteiger partial charge in [0.15, 0.2) is 0 Å². The summed E-state index contributed by atoms with van der Waals surface area (Å²) in [7, 11) is 0. The third-order valence-electron chi connectivity index (χ3n) is 3.57. The summed E-state index contributed by atoms with van der Waals surface area (Å²) < 4.78 is 1.18. The van der Waals surface area contributed by atoms with E-state index in [0.717, 1.165) is 11.8 Å². The quantitative estimate of drug-likeness (QED) is 0.885. The average molecular weight is 282 g/mol. The van der Waals surface area contributed by atoms with E-state index < -0.39 is 0 Å². The van der Waals surface area contributed by atoms with Gasteiger partial charge >= 0.3 is 0 Å². The van der Waals surface area contributed by atoms with Crippen molar-refractivity contribution in [2.75, 3.05) is 13.1 Å². The average Bonchev–Trinajstić information content (AvgIpc) is 2.32. The smallest absolute Gasteiger partial charge is 0.0175 e. The standard InChI is InChI=1S/C14H20BrN/c1-2-3-12-10-16-9-8-14(12)11-4-6-13(15)7-5-11/h4-7,12,14,16H,2-3,8-10H2,1H3. The van der Waals surface area contributed by atoms with E-state index in [4.69, 9.17) is 0 Å². The molecule has 16 heavy (non-hydrogen) atoms. The molecule has 2 heteroatoms. The van der Waals surface area contributed by atoms with Crippen LogP contribution in [0.4, 0.5) is 0 Å². The lowest BCUT2D eigenvalue weighted by molar-refractivity contribution is 0.307. The van der Waals surface area contributed by atoms with Gasteiger partial charge in [-0.25, -0.2) is 0 Å². The number of hydrogen-bond donors (Lipinski definition) is 1. The number of hydrogen-bond acceptors (Lipinski definition) is 1. The second kappa shape index (κ2) is 5.83. The Hall–Kier alpha value is -0.340. The first-order valence-electron chi connectivity index (χ1n) is 6.27. The largest absolute Gasteiger partial charge is 0.316 e. The van der Waals surface area contributed by atoms with Crippen LogP contribution in [0.1, 0.15) is 37.7 Å². The van der Waals surface area contributed by atoms with Crippen LogP contribution in [0, 0.1) is 5.92 Å². The third-order valence-corrected chi connectivity index (χ3v) is 4.09. The first-order valence-corrected chi connectivity index (χ1v) is 7.06. The summed E-state index contributed by atoms with van der Waals surface area (Å²) in [5.74, 6) is 1.58. The molecule has 2 unspecified atom stereocenters. The Bertz CT molecular complexity index is 318. The van der Waals surface area contributed by atoms with E-state index >= 15 is 0 Å². The summed E-state index contributed by atoms with van der Waals surface area (Å²) in [6.45, 7) is 4.64. The molecule has 1 heterocycles. The van der Waals surface area contributed by atoms with Crippen LogP contribution in [-0.4, -0.2) is 13.1 Å². The molecule has 1 aromatic rings. The second-order valence-electron chi connectivity index (χ2n) is 4.70. The van der Waals surface area contributed by atoms with Crippen molar-refractivity contribution in [3.05, 3.63) is 34.3 Å². The van der Waals surface area contributed by atoms with Gasteiger partial charge in [-0.05, 0) is 55.5 Å². The molecule has 0 radical (unpaired) electrons. The van der Waals surface area contributed by atoms with Gasteiger partial charge < -0.3 is 5.32 Å². The van der Waals surface area contributed by atoms with Crippen molar-refractivity contribution < 1.29 is 0 Å². The zero-order chi connectivity index (χ0) is 11.4. The zero-order valence-corrected chi connectivity index (χ0v) is 11.5. The highest BCUT2D eigenvalue weighted by atomic mass is 79.9. The summed E-state index contributed by atoms with van der Waals surface area (Å²) in [6, 6.07) is 8.90. The lowest BCUT2D eigenvalue weighted by Crippen LogP contribution is -2.35. The van der Waals surface area contributed by atoms with Gasteiger partial charge in [0.2, 0.25) is 0 Å². The minimum atomic E-state index is 0.759. The summed E-state index contributed by atoms with van der Waals surface area (Å²) in [6.07, 6.45) is 3.92. The molecule has 0 amide bonds. The van der Waals surface area contributed by atoms with E-state index in [0.29, 0.717) is 0 Å². The Labute approximate surface area is 107 Å². The molecule has 0 bridgehead atoms. The van der Waals surface area contributed by atoms with Crippen molar-refractivity contribution in [3.8, 4) is 0 Å². The van der Waals surface area contributed by atoms with Crippen LogP contribution in [0.3, 0.4) is 0 Å². The highest BCUT2D eigenvalue weighted by molar-refractivity contribution is 9.10. The minimum Gasteiger partial charge on any atom is -0.316 e. The molecular weight excluding hydrogens is 262 g/mol. The summed E-state index contributed by atoms with van der Waals surface area (Å²) in [5, 5.41) is 3.52. The predicted molar refractivity (Wildman–Crippen MR) is 72.8 cm³/mol. The molecule has 1 aromatic carbocycles. The molecule has 1 saturated heterocycles. The van der Waals surface area contributed by atoms with E-state index in [-0.39, 0.29) is 0 Å². The first-order chi connectivity index (χ1) is 7.81. The van der Waals surface area contributed by atoms with E-state index in [1.54, 1.807) is 0 Å². The second-order valence-corrected chi connectivity index (χ2v) is 5.62. The number of nitrogens with one attached hydrogen (secondary N) is 1. The molecule has 0 spiro atoms. The van der Waals surface area contributed by atoms with Crippen LogP contribution in [0.25, 0.3) is 0 Å². The van der Waals surface area contributed by atoms with Crippen molar-refractivity contribution in [2.45, 2.75) is 32.1 Å². The van der Waals surface area contributed by atoms with Crippen LogP contribution in [0.2, 0.25) is 0 Å². The molecule has 2 atom stereocenters. The third kappa shape index (κ3) is 2.86. The fourth-order valence-electron chi connectivity index (χ4n) is 2.75. The Balaban J connectivity index is 2.13. The van der Waals surface area contributed by atoms with Gasteiger partial charge in [0.1, 0.15) is 0 Å². The maximum Gasteiger partial charge on any atom is 0.0175 e. The topological polar surface area (TPSA) is 12.0 Å². The Morgan fingerprint density at radius 3 is 2.75 bits per heavy atom. The summed E-state index contributed by atoms with van der Waals surface area (Å²) in [5.41, 5.74) is 1.52. The van der Waals surface area contributed by atoms with Crippen LogP contribution in [-0.2, 0) is 0 Å². The van der Waals surface area contributed by atoms with Gasteiger partial charge in [0.05, 0.1) is 0 Å². The van der Waals surface area contributed by atoms with Crippen molar-refractivity contribution in [1.82, 2.24) is 5.32 Å². The van der Waals surface area contributed by atoms with Crippen LogP contribution < -0.4 is 5.32 Å². The van der Waals surface area contributed by atoms with E-state index in [1.807, 2.05) is 0 Å².